The minimum absolute atomic E-state index is 0.0256. The fourth-order valence-electron chi connectivity index (χ4n) is 3.83. The Bertz CT molecular complexity index is 420. The van der Waals surface area contributed by atoms with Crippen molar-refractivity contribution in [3.8, 4) is 0 Å². The molecule has 1 aliphatic carbocycles. The predicted molar refractivity (Wildman–Crippen MR) is 86.2 cm³/mol. The van der Waals surface area contributed by atoms with Crippen molar-refractivity contribution in [2.24, 2.45) is 0 Å². The molecule has 2 fully saturated rings. The molecule has 0 unspecified atom stereocenters. The third-order valence-electron chi connectivity index (χ3n) is 5.23. The van der Waals surface area contributed by atoms with Crippen molar-refractivity contribution in [2.75, 3.05) is 19.7 Å². The molecule has 0 aromatic heterocycles. The quantitative estimate of drug-likeness (QED) is 0.874. The molecule has 116 valence electrons. The average Bonchev–Trinajstić information content (AvgIpc) is 3.03. The summed E-state index contributed by atoms with van der Waals surface area (Å²) in [5.41, 5.74) is 1.36. The summed E-state index contributed by atoms with van der Waals surface area (Å²) < 4.78 is 0. The molecule has 1 aromatic rings. The number of benzene rings is 1. The van der Waals surface area contributed by atoms with Gasteiger partial charge in [-0.15, -0.1) is 0 Å². The Kier molecular flexibility index (Phi) is 4.94. The first-order valence-electron chi connectivity index (χ1n) is 8.44. The first-order chi connectivity index (χ1) is 10.3. The zero-order chi connectivity index (χ0) is 14.5. The van der Waals surface area contributed by atoms with Crippen molar-refractivity contribution in [3.63, 3.8) is 0 Å². The summed E-state index contributed by atoms with van der Waals surface area (Å²) >= 11 is 0. The van der Waals surface area contributed by atoms with E-state index in [-0.39, 0.29) is 12.1 Å². The van der Waals surface area contributed by atoms with Gasteiger partial charge in [-0.1, -0.05) is 43.2 Å². The molecule has 0 radical (unpaired) electrons. The molecule has 1 heterocycles. The second-order valence-corrected chi connectivity index (χ2v) is 6.83. The highest BCUT2D eigenvalue weighted by Crippen LogP contribution is 2.27. The zero-order valence-electron chi connectivity index (χ0n) is 12.9. The molecular weight excluding hydrogens is 260 g/mol. The van der Waals surface area contributed by atoms with Gasteiger partial charge >= 0.3 is 0 Å². The van der Waals surface area contributed by atoms with E-state index >= 15 is 0 Å². The van der Waals surface area contributed by atoms with E-state index in [2.05, 4.69) is 40.5 Å². The van der Waals surface area contributed by atoms with Crippen LogP contribution in [-0.4, -0.2) is 41.3 Å². The number of piperidine rings is 1. The van der Waals surface area contributed by atoms with Crippen LogP contribution in [-0.2, 0) is 6.54 Å². The van der Waals surface area contributed by atoms with E-state index in [0.29, 0.717) is 6.04 Å². The Labute approximate surface area is 128 Å². The van der Waals surface area contributed by atoms with Crippen molar-refractivity contribution in [2.45, 2.75) is 56.7 Å². The maximum Gasteiger partial charge on any atom is 0.0614 e. The number of hydrogen-bond donors (Lipinski definition) is 2. The summed E-state index contributed by atoms with van der Waals surface area (Å²) in [4.78, 5) is 2.51. The van der Waals surface area contributed by atoms with Crippen LogP contribution in [0.4, 0.5) is 0 Å². The predicted octanol–water partition coefficient (Wildman–Crippen LogP) is 2.55. The van der Waals surface area contributed by atoms with Crippen molar-refractivity contribution in [1.29, 1.82) is 0 Å². The third-order valence-corrected chi connectivity index (χ3v) is 5.23. The van der Waals surface area contributed by atoms with Crippen molar-refractivity contribution < 1.29 is 5.11 Å². The summed E-state index contributed by atoms with van der Waals surface area (Å²) in [7, 11) is 0. The molecule has 0 spiro atoms. The fraction of sp³-hybridized carbons (Fsp3) is 0.667. The maximum absolute atomic E-state index is 9.90. The number of aliphatic hydroxyl groups excluding tert-OH is 1. The smallest absolute Gasteiger partial charge is 0.0614 e. The molecule has 0 atom stereocenters. The average molecular weight is 288 g/mol. The molecular formula is C18H28N2O. The molecule has 2 aliphatic rings. The highest BCUT2D eigenvalue weighted by atomic mass is 16.3. The Hall–Kier alpha value is -0.900. The minimum atomic E-state index is -0.0256. The number of hydrogen-bond acceptors (Lipinski definition) is 3. The van der Waals surface area contributed by atoms with E-state index in [4.69, 9.17) is 0 Å². The van der Waals surface area contributed by atoms with Crippen LogP contribution in [0.1, 0.15) is 44.1 Å². The van der Waals surface area contributed by atoms with Crippen LogP contribution in [0.3, 0.4) is 0 Å². The summed E-state index contributed by atoms with van der Waals surface area (Å²) in [5, 5.41) is 13.7. The molecule has 21 heavy (non-hydrogen) atoms. The summed E-state index contributed by atoms with van der Waals surface area (Å²) in [6, 6.07) is 11.3. The first-order valence-corrected chi connectivity index (χ1v) is 8.44. The van der Waals surface area contributed by atoms with Crippen LogP contribution < -0.4 is 5.32 Å². The van der Waals surface area contributed by atoms with Gasteiger partial charge in [0.05, 0.1) is 6.61 Å². The van der Waals surface area contributed by atoms with E-state index in [1.807, 2.05) is 0 Å². The Morgan fingerprint density at radius 2 is 1.76 bits per heavy atom. The normalized spacial score (nSPS) is 23.5. The van der Waals surface area contributed by atoms with Gasteiger partial charge in [-0.05, 0) is 31.2 Å². The molecule has 3 rings (SSSR count). The number of likely N-dealkylation sites (tertiary alicyclic amines) is 1. The highest BCUT2D eigenvalue weighted by molar-refractivity contribution is 5.14. The van der Waals surface area contributed by atoms with Gasteiger partial charge in [-0.25, -0.2) is 0 Å². The topological polar surface area (TPSA) is 35.5 Å². The zero-order valence-corrected chi connectivity index (χ0v) is 12.9. The second kappa shape index (κ2) is 6.91. The van der Waals surface area contributed by atoms with Gasteiger partial charge < -0.3 is 10.4 Å². The lowest BCUT2D eigenvalue weighted by Gasteiger charge is -2.43. The fourth-order valence-corrected chi connectivity index (χ4v) is 3.83. The van der Waals surface area contributed by atoms with E-state index in [0.717, 1.165) is 32.5 Å². The lowest BCUT2D eigenvalue weighted by Crippen LogP contribution is -2.58. The van der Waals surface area contributed by atoms with E-state index in [9.17, 15) is 5.11 Å². The van der Waals surface area contributed by atoms with Crippen molar-refractivity contribution >= 4 is 0 Å². The van der Waals surface area contributed by atoms with Gasteiger partial charge in [0.1, 0.15) is 0 Å². The van der Waals surface area contributed by atoms with Gasteiger partial charge in [0.2, 0.25) is 0 Å². The van der Waals surface area contributed by atoms with Gasteiger partial charge in [-0.3, -0.25) is 4.90 Å². The van der Waals surface area contributed by atoms with E-state index in [1.165, 1.54) is 31.2 Å². The number of nitrogens with one attached hydrogen (secondary N) is 1. The maximum atomic E-state index is 9.90. The standard InChI is InChI=1S/C18H28N2O/c21-15-18(19-17-8-4-5-9-17)10-12-20(13-11-18)14-16-6-2-1-3-7-16/h1-3,6-7,17,19,21H,4-5,8-15H2. The van der Waals surface area contributed by atoms with E-state index in [1.54, 1.807) is 0 Å². The van der Waals surface area contributed by atoms with Crippen molar-refractivity contribution in [3.05, 3.63) is 35.9 Å². The first kappa shape index (κ1) is 15.0. The number of aliphatic hydroxyl groups is 1. The molecule has 0 bridgehead atoms. The lowest BCUT2D eigenvalue weighted by atomic mass is 9.87. The molecule has 3 heteroatoms. The van der Waals surface area contributed by atoms with E-state index < -0.39 is 0 Å². The third kappa shape index (κ3) is 3.85. The molecule has 1 aliphatic heterocycles. The Morgan fingerprint density at radius 1 is 1.10 bits per heavy atom. The molecule has 2 N–H and O–H groups in total. The largest absolute Gasteiger partial charge is 0.394 e. The molecule has 0 amide bonds. The van der Waals surface area contributed by atoms with Crippen LogP contribution >= 0.6 is 0 Å². The Morgan fingerprint density at radius 3 is 2.38 bits per heavy atom. The summed E-state index contributed by atoms with van der Waals surface area (Å²) in [5.74, 6) is 0. The van der Waals surface area contributed by atoms with Gasteiger partial charge in [-0.2, -0.15) is 0 Å². The van der Waals surface area contributed by atoms with Crippen LogP contribution in [0.15, 0.2) is 30.3 Å². The number of nitrogens with zero attached hydrogens (tertiary/aromatic N) is 1. The van der Waals surface area contributed by atoms with Crippen molar-refractivity contribution in [1.82, 2.24) is 10.2 Å². The molecule has 1 saturated heterocycles. The van der Waals surface area contributed by atoms with Gasteiger partial charge in [0.25, 0.3) is 0 Å². The van der Waals surface area contributed by atoms with Gasteiger partial charge in [0, 0.05) is 31.2 Å². The lowest BCUT2D eigenvalue weighted by molar-refractivity contribution is 0.0670. The Balaban J connectivity index is 1.52. The number of rotatable bonds is 5. The van der Waals surface area contributed by atoms with Gasteiger partial charge in [0.15, 0.2) is 0 Å². The molecule has 1 saturated carbocycles. The van der Waals surface area contributed by atoms with Crippen LogP contribution in [0, 0.1) is 0 Å². The van der Waals surface area contributed by atoms with Crippen LogP contribution in [0.25, 0.3) is 0 Å². The highest BCUT2D eigenvalue weighted by Gasteiger charge is 2.36. The summed E-state index contributed by atoms with van der Waals surface area (Å²) in [6.07, 6.45) is 7.39. The molecule has 1 aromatic carbocycles. The van der Waals surface area contributed by atoms with Crippen LogP contribution in [0.2, 0.25) is 0 Å². The van der Waals surface area contributed by atoms with Crippen LogP contribution in [0.5, 0.6) is 0 Å². The summed E-state index contributed by atoms with van der Waals surface area (Å²) in [6.45, 7) is 3.47. The monoisotopic (exact) mass is 288 g/mol. The molecule has 3 nitrogen and oxygen atoms in total. The SMILES string of the molecule is OCC1(NC2CCCC2)CCN(Cc2ccccc2)CC1. The second-order valence-electron chi connectivity index (χ2n) is 6.83. The minimum Gasteiger partial charge on any atom is -0.394 e.